The summed E-state index contributed by atoms with van der Waals surface area (Å²) in [5.74, 6) is 4.98. The van der Waals surface area contributed by atoms with Gasteiger partial charge in [0.05, 0.1) is 5.69 Å². The second kappa shape index (κ2) is 5.03. The van der Waals surface area contributed by atoms with Crippen molar-refractivity contribution in [2.45, 2.75) is 19.8 Å². The summed E-state index contributed by atoms with van der Waals surface area (Å²) >= 11 is 0. The predicted molar refractivity (Wildman–Crippen MR) is 66.9 cm³/mol. The number of carbonyl (C=O) groups is 2. The molecule has 1 aliphatic rings. The summed E-state index contributed by atoms with van der Waals surface area (Å²) in [5, 5.41) is 8.67. The largest absolute Gasteiger partial charge is 0.384 e. The van der Waals surface area contributed by atoms with Gasteiger partial charge < -0.3 is 5.11 Å². The van der Waals surface area contributed by atoms with Gasteiger partial charge in [-0.15, -0.1) is 0 Å². The van der Waals surface area contributed by atoms with E-state index in [1.165, 1.54) is 4.90 Å². The van der Waals surface area contributed by atoms with E-state index in [4.69, 9.17) is 5.11 Å². The van der Waals surface area contributed by atoms with Gasteiger partial charge in [0.1, 0.15) is 6.61 Å². The van der Waals surface area contributed by atoms with Crippen molar-refractivity contribution in [1.82, 2.24) is 0 Å². The van der Waals surface area contributed by atoms with Gasteiger partial charge in [0, 0.05) is 18.4 Å². The molecule has 0 bridgehead atoms. The molecule has 0 radical (unpaired) electrons. The Kier molecular flexibility index (Phi) is 3.45. The van der Waals surface area contributed by atoms with Gasteiger partial charge in [-0.1, -0.05) is 11.8 Å². The van der Waals surface area contributed by atoms with Crippen LogP contribution in [0.3, 0.4) is 0 Å². The molecule has 4 nitrogen and oxygen atoms in total. The molecule has 0 aromatic heterocycles. The van der Waals surface area contributed by atoms with Crippen LogP contribution in [0.2, 0.25) is 0 Å². The Balaban J connectivity index is 2.42. The molecule has 0 spiro atoms. The minimum atomic E-state index is -0.217. The quantitative estimate of drug-likeness (QED) is 0.591. The Morgan fingerprint density at radius 2 is 1.89 bits per heavy atom. The van der Waals surface area contributed by atoms with Crippen LogP contribution in [0.1, 0.15) is 24.0 Å². The number of hydrogen-bond donors (Lipinski definition) is 1. The molecule has 92 valence electrons. The first-order valence-electron chi connectivity index (χ1n) is 5.69. The maximum Gasteiger partial charge on any atom is 0.234 e. The second-order valence-electron chi connectivity index (χ2n) is 4.14. The molecular weight excluding hydrogens is 230 g/mol. The third kappa shape index (κ3) is 2.41. The van der Waals surface area contributed by atoms with Gasteiger partial charge in [-0.3, -0.25) is 14.5 Å². The van der Waals surface area contributed by atoms with Gasteiger partial charge >= 0.3 is 0 Å². The van der Waals surface area contributed by atoms with Gasteiger partial charge in [0.2, 0.25) is 11.8 Å². The number of nitrogens with zero attached hydrogens (tertiary/aromatic N) is 1. The Hall–Kier alpha value is -2.12. The fraction of sp³-hybridized carbons (Fsp3) is 0.286. The lowest BCUT2D eigenvalue weighted by atomic mass is 10.1. The monoisotopic (exact) mass is 243 g/mol. The number of anilines is 1. The van der Waals surface area contributed by atoms with Gasteiger partial charge in [-0.25, -0.2) is 0 Å². The Bertz CT molecular complexity index is 550. The van der Waals surface area contributed by atoms with Gasteiger partial charge in [0.25, 0.3) is 0 Å². The number of carbonyl (C=O) groups excluding carboxylic acids is 2. The van der Waals surface area contributed by atoms with E-state index in [2.05, 4.69) is 11.8 Å². The zero-order valence-electron chi connectivity index (χ0n) is 10.1. The second-order valence-corrected chi connectivity index (χ2v) is 4.14. The van der Waals surface area contributed by atoms with Crippen molar-refractivity contribution in [3.8, 4) is 11.8 Å². The van der Waals surface area contributed by atoms with E-state index in [-0.39, 0.29) is 31.3 Å². The summed E-state index contributed by atoms with van der Waals surface area (Å²) in [5.41, 5.74) is 2.17. The Morgan fingerprint density at radius 3 is 2.50 bits per heavy atom. The van der Waals surface area contributed by atoms with E-state index < -0.39 is 0 Å². The van der Waals surface area contributed by atoms with E-state index in [1.54, 1.807) is 12.1 Å². The third-order valence-electron chi connectivity index (χ3n) is 2.68. The molecule has 1 saturated heterocycles. The molecule has 1 aromatic carbocycles. The van der Waals surface area contributed by atoms with Crippen molar-refractivity contribution in [2.24, 2.45) is 0 Å². The van der Waals surface area contributed by atoms with E-state index in [9.17, 15) is 9.59 Å². The minimum absolute atomic E-state index is 0.174. The molecule has 0 atom stereocenters. The summed E-state index contributed by atoms with van der Waals surface area (Å²) in [6.07, 6.45) is 0.537. The van der Waals surface area contributed by atoms with Crippen LogP contribution in [0, 0.1) is 18.8 Å². The van der Waals surface area contributed by atoms with E-state index in [1.807, 2.05) is 13.0 Å². The zero-order valence-corrected chi connectivity index (χ0v) is 10.1. The lowest BCUT2D eigenvalue weighted by Gasteiger charge is -2.14. The summed E-state index contributed by atoms with van der Waals surface area (Å²) in [6, 6.07) is 5.32. The third-order valence-corrected chi connectivity index (χ3v) is 2.68. The van der Waals surface area contributed by atoms with Crippen LogP contribution in [-0.4, -0.2) is 23.5 Å². The molecule has 2 rings (SSSR count). The standard InChI is InChI=1S/C14H13NO3/c1-10-7-11(3-2-6-16)9-12(8-10)15-13(17)4-5-14(15)18/h7-9,16H,4-6H2,1H3. The lowest BCUT2D eigenvalue weighted by Crippen LogP contribution is -2.28. The van der Waals surface area contributed by atoms with Crippen molar-refractivity contribution in [2.75, 3.05) is 11.5 Å². The number of rotatable bonds is 1. The average molecular weight is 243 g/mol. The number of aliphatic hydroxyl groups is 1. The number of benzene rings is 1. The van der Waals surface area contributed by atoms with E-state index in [0.29, 0.717) is 11.3 Å². The summed E-state index contributed by atoms with van der Waals surface area (Å²) in [4.78, 5) is 24.5. The minimum Gasteiger partial charge on any atom is -0.384 e. The van der Waals surface area contributed by atoms with E-state index >= 15 is 0 Å². The molecule has 1 aliphatic heterocycles. The highest BCUT2D eigenvalue weighted by Gasteiger charge is 2.30. The van der Waals surface area contributed by atoms with Crippen LogP contribution < -0.4 is 4.90 Å². The maximum absolute atomic E-state index is 11.7. The molecule has 4 heteroatoms. The van der Waals surface area contributed by atoms with Crippen molar-refractivity contribution in [3.63, 3.8) is 0 Å². The van der Waals surface area contributed by atoms with Crippen molar-refractivity contribution >= 4 is 17.5 Å². The Labute approximate surface area is 105 Å². The lowest BCUT2D eigenvalue weighted by molar-refractivity contribution is -0.121. The molecule has 1 fully saturated rings. The van der Waals surface area contributed by atoms with Crippen LogP contribution >= 0.6 is 0 Å². The average Bonchev–Trinajstić information content (AvgIpc) is 2.66. The molecule has 1 aromatic rings. The highest BCUT2D eigenvalue weighted by Crippen LogP contribution is 2.24. The highest BCUT2D eigenvalue weighted by molar-refractivity contribution is 6.19. The predicted octanol–water partition coefficient (Wildman–Crippen LogP) is 0.992. The van der Waals surface area contributed by atoms with Gasteiger partial charge in [-0.2, -0.15) is 0 Å². The Morgan fingerprint density at radius 1 is 1.22 bits per heavy atom. The molecule has 0 aliphatic carbocycles. The van der Waals surface area contributed by atoms with Crippen molar-refractivity contribution in [3.05, 3.63) is 29.3 Å². The zero-order chi connectivity index (χ0) is 13.1. The first-order chi connectivity index (χ1) is 8.61. The molecule has 1 N–H and O–H groups in total. The number of amides is 2. The number of imide groups is 1. The summed E-state index contributed by atoms with van der Waals surface area (Å²) < 4.78 is 0. The van der Waals surface area contributed by atoms with Crippen LogP contribution in [0.4, 0.5) is 5.69 Å². The summed E-state index contributed by atoms with van der Waals surface area (Å²) in [6.45, 7) is 1.66. The first-order valence-corrected chi connectivity index (χ1v) is 5.69. The summed E-state index contributed by atoms with van der Waals surface area (Å²) in [7, 11) is 0. The van der Waals surface area contributed by atoms with Gasteiger partial charge in [-0.05, 0) is 30.7 Å². The number of aryl methyl sites for hydroxylation is 1. The van der Waals surface area contributed by atoms with Crippen LogP contribution in [0.15, 0.2) is 18.2 Å². The van der Waals surface area contributed by atoms with Crippen molar-refractivity contribution in [1.29, 1.82) is 0 Å². The van der Waals surface area contributed by atoms with Crippen LogP contribution in [-0.2, 0) is 9.59 Å². The van der Waals surface area contributed by atoms with Crippen molar-refractivity contribution < 1.29 is 14.7 Å². The first kappa shape index (κ1) is 12.3. The maximum atomic E-state index is 11.7. The topological polar surface area (TPSA) is 57.6 Å². The number of hydrogen-bond acceptors (Lipinski definition) is 3. The van der Waals surface area contributed by atoms with Crippen LogP contribution in [0.5, 0.6) is 0 Å². The molecule has 0 unspecified atom stereocenters. The number of aliphatic hydroxyl groups excluding tert-OH is 1. The normalized spacial score (nSPS) is 14.7. The SMILES string of the molecule is Cc1cc(C#CCO)cc(N2C(=O)CCC2=O)c1. The highest BCUT2D eigenvalue weighted by atomic mass is 16.2. The molecular formula is C14H13NO3. The molecule has 18 heavy (non-hydrogen) atoms. The van der Waals surface area contributed by atoms with Crippen LogP contribution in [0.25, 0.3) is 0 Å². The molecule has 1 heterocycles. The molecule has 0 saturated carbocycles. The fourth-order valence-electron chi connectivity index (χ4n) is 1.97. The van der Waals surface area contributed by atoms with Gasteiger partial charge in [0.15, 0.2) is 0 Å². The fourth-order valence-corrected chi connectivity index (χ4v) is 1.97. The smallest absolute Gasteiger partial charge is 0.234 e. The van der Waals surface area contributed by atoms with E-state index in [0.717, 1.165) is 5.56 Å². The molecule has 2 amide bonds.